The average Bonchev–Trinajstić information content (AvgIpc) is 2.63. The Hall–Kier alpha value is -0.630. The van der Waals surface area contributed by atoms with Crippen molar-refractivity contribution in [2.24, 2.45) is 5.41 Å². The van der Waals surface area contributed by atoms with Gasteiger partial charge in [-0.15, -0.1) is 0 Å². The molecule has 0 aromatic rings. The van der Waals surface area contributed by atoms with Gasteiger partial charge in [0.1, 0.15) is 5.78 Å². The molecule has 2 fully saturated rings. The number of fused-ring (bicyclic) bond motifs is 3. The predicted octanol–water partition coefficient (Wildman–Crippen LogP) is 2.23. The Labute approximate surface area is 84.3 Å². The van der Waals surface area contributed by atoms with Crippen LogP contribution in [-0.4, -0.2) is 18.0 Å². The molecule has 0 aromatic heterocycles. The molecule has 0 amide bonds. The second kappa shape index (κ2) is 2.93. The van der Waals surface area contributed by atoms with Crippen LogP contribution < -0.4 is 0 Å². The second-order valence-corrected chi connectivity index (χ2v) is 4.82. The number of hydrogen-bond acceptors (Lipinski definition) is 2. The molecule has 3 rings (SSSR count). The Morgan fingerprint density at radius 3 is 2.79 bits per heavy atom. The van der Waals surface area contributed by atoms with Crippen molar-refractivity contribution < 1.29 is 9.53 Å². The maximum Gasteiger partial charge on any atom is 0.144 e. The summed E-state index contributed by atoms with van der Waals surface area (Å²) in [6, 6.07) is 0. The quantitative estimate of drug-likeness (QED) is 0.550. The lowest BCUT2D eigenvalue weighted by Gasteiger charge is -2.43. The minimum Gasteiger partial charge on any atom is -0.365 e. The van der Waals surface area contributed by atoms with Gasteiger partial charge in [0.05, 0.1) is 17.6 Å². The van der Waals surface area contributed by atoms with Crippen molar-refractivity contribution >= 4 is 5.78 Å². The van der Waals surface area contributed by atoms with Gasteiger partial charge in [-0.1, -0.05) is 31.4 Å². The summed E-state index contributed by atoms with van der Waals surface area (Å²) in [5.74, 6) is 0.462. The molecule has 2 heteroatoms. The van der Waals surface area contributed by atoms with E-state index in [1.807, 2.05) is 0 Å². The molecule has 0 aromatic carbocycles. The van der Waals surface area contributed by atoms with Gasteiger partial charge in [-0.25, -0.2) is 0 Å². The number of carbonyl (C=O) groups is 1. The van der Waals surface area contributed by atoms with Crippen LogP contribution in [0.3, 0.4) is 0 Å². The molecule has 76 valence electrons. The van der Waals surface area contributed by atoms with Crippen LogP contribution >= 0.6 is 0 Å². The molecule has 2 atom stereocenters. The molecule has 0 unspecified atom stereocenters. The fraction of sp³-hybridized carbons (Fsp3) is 0.750. The highest BCUT2D eigenvalue weighted by Gasteiger charge is 2.51. The lowest BCUT2D eigenvalue weighted by Crippen LogP contribution is -2.48. The van der Waals surface area contributed by atoms with E-state index in [1.54, 1.807) is 0 Å². The van der Waals surface area contributed by atoms with E-state index in [9.17, 15) is 4.79 Å². The van der Waals surface area contributed by atoms with Gasteiger partial charge in [0, 0.05) is 6.42 Å². The Bertz CT molecular complexity index is 287. The minimum atomic E-state index is -0.123. The van der Waals surface area contributed by atoms with E-state index in [4.69, 9.17) is 4.74 Å². The maximum atomic E-state index is 12.1. The highest BCUT2D eigenvalue weighted by Crippen LogP contribution is 2.48. The summed E-state index contributed by atoms with van der Waals surface area (Å²) in [6.07, 6.45) is 10.8. The summed E-state index contributed by atoms with van der Waals surface area (Å²) >= 11 is 0. The molecule has 3 aliphatic rings. The van der Waals surface area contributed by atoms with Crippen molar-refractivity contribution in [2.45, 2.75) is 50.7 Å². The maximum absolute atomic E-state index is 12.1. The molecule has 1 aliphatic carbocycles. The lowest BCUT2D eigenvalue weighted by molar-refractivity contribution is -0.153. The van der Waals surface area contributed by atoms with E-state index in [-0.39, 0.29) is 17.6 Å². The van der Waals surface area contributed by atoms with Crippen LogP contribution in [-0.2, 0) is 9.53 Å². The predicted molar refractivity (Wildman–Crippen MR) is 52.9 cm³/mol. The van der Waals surface area contributed by atoms with E-state index in [0.29, 0.717) is 12.2 Å². The van der Waals surface area contributed by atoms with Gasteiger partial charge in [0.15, 0.2) is 0 Å². The van der Waals surface area contributed by atoms with Crippen molar-refractivity contribution in [1.82, 2.24) is 0 Å². The zero-order valence-electron chi connectivity index (χ0n) is 8.37. The summed E-state index contributed by atoms with van der Waals surface area (Å²) in [6.45, 7) is 0. The first kappa shape index (κ1) is 8.66. The van der Waals surface area contributed by atoms with Crippen LogP contribution in [0, 0.1) is 5.41 Å². The smallest absolute Gasteiger partial charge is 0.144 e. The Kier molecular flexibility index (Phi) is 1.81. The van der Waals surface area contributed by atoms with Gasteiger partial charge in [-0.2, -0.15) is 0 Å². The van der Waals surface area contributed by atoms with Crippen LogP contribution in [0.1, 0.15) is 38.5 Å². The Morgan fingerprint density at radius 2 is 2.00 bits per heavy atom. The molecule has 1 saturated carbocycles. The molecular formula is C12H16O2. The molecule has 0 N–H and O–H groups in total. The van der Waals surface area contributed by atoms with Crippen molar-refractivity contribution in [2.75, 3.05) is 0 Å². The van der Waals surface area contributed by atoms with E-state index >= 15 is 0 Å². The van der Waals surface area contributed by atoms with Gasteiger partial charge in [-0.3, -0.25) is 4.79 Å². The third-order valence-electron chi connectivity index (χ3n) is 4.05. The zero-order chi connectivity index (χ0) is 9.60. The summed E-state index contributed by atoms with van der Waals surface area (Å²) < 4.78 is 5.83. The first-order chi connectivity index (χ1) is 6.81. The van der Waals surface area contributed by atoms with Gasteiger partial charge in [0.2, 0.25) is 0 Å². The number of ether oxygens (including phenoxy) is 1. The molecule has 2 bridgehead atoms. The van der Waals surface area contributed by atoms with Crippen LogP contribution in [0.4, 0.5) is 0 Å². The molecule has 1 spiro atoms. The fourth-order valence-electron chi connectivity index (χ4n) is 3.23. The fourth-order valence-corrected chi connectivity index (χ4v) is 3.23. The molecule has 0 radical (unpaired) electrons. The highest BCUT2D eigenvalue weighted by atomic mass is 16.5. The summed E-state index contributed by atoms with van der Waals surface area (Å²) in [7, 11) is 0. The minimum absolute atomic E-state index is 0.0973. The summed E-state index contributed by atoms with van der Waals surface area (Å²) in [5.41, 5.74) is -0.123. The second-order valence-electron chi connectivity index (χ2n) is 4.82. The molecule has 2 heterocycles. The summed E-state index contributed by atoms with van der Waals surface area (Å²) in [4.78, 5) is 12.1. The number of ketones is 1. The standard InChI is InChI=1S/C12H16O2/c13-10-8-9-4-5-11(14-9)12(10)6-2-1-3-7-12/h4-5,9,11H,1-3,6-8H2/t9-,11+/m0/s1. The SMILES string of the molecule is O=C1C[C@@H]2C=C[C@@H](O2)C12CCCCC2. The topological polar surface area (TPSA) is 26.3 Å². The average molecular weight is 192 g/mol. The van der Waals surface area contributed by atoms with E-state index in [1.165, 1.54) is 19.3 Å². The van der Waals surface area contributed by atoms with Crippen LogP contribution in [0.25, 0.3) is 0 Å². The first-order valence-corrected chi connectivity index (χ1v) is 5.68. The third-order valence-corrected chi connectivity index (χ3v) is 4.05. The molecule has 14 heavy (non-hydrogen) atoms. The van der Waals surface area contributed by atoms with Crippen LogP contribution in [0.15, 0.2) is 12.2 Å². The number of carbonyl (C=O) groups excluding carboxylic acids is 1. The third kappa shape index (κ3) is 1.04. The monoisotopic (exact) mass is 192 g/mol. The van der Waals surface area contributed by atoms with Gasteiger partial charge < -0.3 is 4.74 Å². The number of Topliss-reactive ketones (excluding diaryl/α,β-unsaturated/α-hetero) is 1. The zero-order valence-corrected chi connectivity index (χ0v) is 8.37. The Morgan fingerprint density at radius 1 is 1.21 bits per heavy atom. The number of rotatable bonds is 0. The highest BCUT2D eigenvalue weighted by molar-refractivity contribution is 5.87. The lowest BCUT2D eigenvalue weighted by atomic mass is 9.66. The van der Waals surface area contributed by atoms with E-state index in [0.717, 1.165) is 12.8 Å². The van der Waals surface area contributed by atoms with Crippen molar-refractivity contribution in [1.29, 1.82) is 0 Å². The molecular weight excluding hydrogens is 176 g/mol. The first-order valence-electron chi connectivity index (χ1n) is 5.68. The van der Waals surface area contributed by atoms with E-state index < -0.39 is 0 Å². The molecule has 2 nitrogen and oxygen atoms in total. The summed E-state index contributed by atoms with van der Waals surface area (Å²) in [5, 5.41) is 0. The van der Waals surface area contributed by atoms with Gasteiger partial charge in [-0.05, 0) is 12.8 Å². The number of hydrogen-bond donors (Lipinski definition) is 0. The van der Waals surface area contributed by atoms with Gasteiger partial charge >= 0.3 is 0 Å². The van der Waals surface area contributed by atoms with Crippen molar-refractivity contribution in [3.63, 3.8) is 0 Å². The van der Waals surface area contributed by atoms with Crippen LogP contribution in [0.5, 0.6) is 0 Å². The van der Waals surface area contributed by atoms with Crippen LogP contribution in [0.2, 0.25) is 0 Å². The van der Waals surface area contributed by atoms with Crippen molar-refractivity contribution in [3.05, 3.63) is 12.2 Å². The van der Waals surface area contributed by atoms with E-state index in [2.05, 4.69) is 12.2 Å². The van der Waals surface area contributed by atoms with Gasteiger partial charge in [0.25, 0.3) is 0 Å². The largest absolute Gasteiger partial charge is 0.365 e. The molecule has 1 saturated heterocycles. The van der Waals surface area contributed by atoms with Crippen molar-refractivity contribution in [3.8, 4) is 0 Å². The normalized spacial score (nSPS) is 39.3. The molecule has 2 aliphatic heterocycles. The Balaban J connectivity index is 1.94.